The van der Waals surface area contributed by atoms with E-state index in [9.17, 15) is 0 Å². The number of benzene rings is 7. The Hall–Kier alpha value is -7.48. The first-order valence-electron chi connectivity index (χ1n) is 19.1. The van der Waals surface area contributed by atoms with Crippen LogP contribution in [0.3, 0.4) is 0 Å². The standard InChI is InChI=1S/C50H32N4O2Si/c1-3-13-35(14-4-1)57(36-15-5-2-6-16-36)46-20-10-9-19-44(46)56-45-27-26-40-39-25-23-34(32-43(39)54(48(40)49(45)57)47-21-11-12-28-51-47)55-33-22-24-37-38-17-7-8-18-42(38)53-30-29-52-50(53)41(37)31-33/h1-32H. The Balaban J connectivity index is 1.13. The molecule has 12 rings (SSSR count). The molecule has 0 bridgehead atoms. The second kappa shape index (κ2) is 12.3. The number of hydrogen-bond donors (Lipinski definition) is 0. The average Bonchev–Trinajstić information content (AvgIpc) is 3.90. The lowest BCUT2D eigenvalue weighted by molar-refractivity contribution is 0.484. The second-order valence-corrected chi connectivity index (χ2v) is 18.3. The number of rotatable bonds is 5. The molecule has 0 aliphatic carbocycles. The van der Waals surface area contributed by atoms with Crippen LogP contribution in [0.15, 0.2) is 195 Å². The first-order chi connectivity index (χ1) is 28.3. The lowest BCUT2D eigenvalue weighted by Crippen LogP contribution is -2.76. The zero-order valence-corrected chi connectivity index (χ0v) is 31.6. The molecule has 11 aromatic rings. The van der Waals surface area contributed by atoms with Gasteiger partial charge in [-0.2, -0.15) is 0 Å². The Morgan fingerprint density at radius 3 is 1.98 bits per heavy atom. The van der Waals surface area contributed by atoms with E-state index in [1.54, 1.807) is 0 Å². The normalized spacial score (nSPS) is 13.2. The van der Waals surface area contributed by atoms with Crippen LogP contribution < -0.4 is 30.2 Å². The van der Waals surface area contributed by atoms with Crippen molar-refractivity contribution in [2.75, 3.05) is 0 Å². The summed E-state index contributed by atoms with van der Waals surface area (Å²) in [6, 6.07) is 62.3. The first-order valence-corrected chi connectivity index (χ1v) is 21.1. The van der Waals surface area contributed by atoms with Gasteiger partial charge in [0.05, 0.1) is 16.6 Å². The van der Waals surface area contributed by atoms with Gasteiger partial charge in [-0.1, -0.05) is 103 Å². The summed E-state index contributed by atoms with van der Waals surface area (Å²) in [6.45, 7) is 0. The van der Waals surface area contributed by atoms with Gasteiger partial charge in [-0.3, -0.25) is 8.97 Å². The molecule has 0 fully saturated rings. The SMILES string of the molecule is c1ccc([Si]2(c3ccccc3)c3ccccc3Oc3ccc4c5ccc(Oc6ccc7c8ccccc8n8ccnc8c7c6)cc5n(-c5ccccn5)c4c32)cc1. The van der Waals surface area contributed by atoms with Gasteiger partial charge in [0.25, 0.3) is 0 Å². The molecule has 1 aliphatic heterocycles. The summed E-state index contributed by atoms with van der Waals surface area (Å²) >= 11 is 0. The highest BCUT2D eigenvalue weighted by Gasteiger charge is 2.50. The summed E-state index contributed by atoms with van der Waals surface area (Å²) in [7, 11) is -3.02. The molecule has 0 saturated heterocycles. The summed E-state index contributed by atoms with van der Waals surface area (Å²) in [5, 5.41) is 10.6. The predicted octanol–water partition coefficient (Wildman–Crippen LogP) is 9.41. The molecule has 0 N–H and O–H groups in total. The van der Waals surface area contributed by atoms with E-state index < -0.39 is 8.07 Å². The molecular weight excluding hydrogens is 717 g/mol. The van der Waals surface area contributed by atoms with E-state index in [-0.39, 0.29) is 0 Å². The third kappa shape index (κ3) is 4.57. The molecule has 6 nitrogen and oxygen atoms in total. The van der Waals surface area contributed by atoms with Gasteiger partial charge in [0, 0.05) is 51.4 Å². The van der Waals surface area contributed by atoms with E-state index in [0.717, 1.165) is 72.6 Å². The topological polar surface area (TPSA) is 53.6 Å². The van der Waals surface area contributed by atoms with Crippen LogP contribution >= 0.6 is 0 Å². The number of imidazole rings is 1. The average molecular weight is 749 g/mol. The molecule has 0 unspecified atom stereocenters. The smallest absolute Gasteiger partial charge is 0.191 e. The summed E-state index contributed by atoms with van der Waals surface area (Å²) in [5.74, 6) is 4.06. The van der Waals surface area contributed by atoms with Crippen LogP contribution in [0.1, 0.15) is 0 Å². The van der Waals surface area contributed by atoms with E-state index in [2.05, 4.69) is 179 Å². The number of para-hydroxylation sites is 2. The highest BCUT2D eigenvalue weighted by molar-refractivity contribution is 7.21. The van der Waals surface area contributed by atoms with E-state index in [1.807, 2.05) is 24.7 Å². The fourth-order valence-electron chi connectivity index (χ4n) is 9.31. The van der Waals surface area contributed by atoms with Crippen molar-refractivity contribution in [1.82, 2.24) is 18.9 Å². The van der Waals surface area contributed by atoms with E-state index >= 15 is 0 Å². The molecule has 0 spiro atoms. The van der Waals surface area contributed by atoms with Crippen molar-refractivity contribution in [3.05, 3.63) is 195 Å². The molecule has 57 heavy (non-hydrogen) atoms. The third-order valence-electron chi connectivity index (χ3n) is 11.6. The van der Waals surface area contributed by atoms with Crippen LogP contribution in [0.4, 0.5) is 0 Å². The first kappa shape index (κ1) is 31.8. The van der Waals surface area contributed by atoms with Crippen molar-refractivity contribution < 1.29 is 9.47 Å². The van der Waals surface area contributed by atoms with Crippen molar-refractivity contribution in [2.24, 2.45) is 0 Å². The minimum absolute atomic E-state index is 0.729. The van der Waals surface area contributed by atoms with Gasteiger partial charge < -0.3 is 9.47 Å². The maximum absolute atomic E-state index is 6.93. The third-order valence-corrected chi connectivity index (χ3v) is 16.5. The molecule has 0 amide bonds. The van der Waals surface area contributed by atoms with Gasteiger partial charge in [-0.15, -0.1) is 0 Å². The molecule has 0 atom stereocenters. The van der Waals surface area contributed by atoms with Crippen LogP contribution in [0, 0.1) is 0 Å². The van der Waals surface area contributed by atoms with Crippen LogP contribution in [-0.2, 0) is 0 Å². The largest absolute Gasteiger partial charge is 0.457 e. The Morgan fingerprint density at radius 2 is 1.18 bits per heavy atom. The summed E-state index contributed by atoms with van der Waals surface area (Å²) in [5.41, 5.74) is 4.12. The monoisotopic (exact) mass is 748 g/mol. The van der Waals surface area contributed by atoms with Crippen molar-refractivity contribution in [1.29, 1.82) is 0 Å². The molecule has 1 aliphatic rings. The highest BCUT2D eigenvalue weighted by Crippen LogP contribution is 2.40. The van der Waals surface area contributed by atoms with Crippen LogP contribution in [0.2, 0.25) is 0 Å². The van der Waals surface area contributed by atoms with Crippen molar-refractivity contribution in [3.63, 3.8) is 0 Å². The molecule has 4 aromatic heterocycles. The van der Waals surface area contributed by atoms with Gasteiger partial charge in [0.2, 0.25) is 0 Å². The quantitative estimate of drug-likeness (QED) is 0.130. The fourth-order valence-corrected chi connectivity index (χ4v) is 14.5. The molecule has 0 saturated carbocycles. The second-order valence-electron chi connectivity index (χ2n) is 14.6. The molecular formula is C50H32N4O2Si. The van der Waals surface area contributed by atoms with Crippen LogP contribution in [0.25, 0.3) is 54.9 Å². The molecule has 7 aromatic carbocycles. The van der Waals surface area contributed by atoms with Gasteiger partial charge in [-0.25, -0.2) is 9.97 Å². The van der Waals surface area contributed by atoms with Crippen molar-refractivity contribution >= 4 is 77.9 Å². The summed E-state index contributed by atoms with van der Waals surface area (Å²) in [6.07, 6.45) is 5.74. The van der Waals surface area contributed by atoms with Crippen LogP contribution in [-0.4, -0.2) is 27.0 Å². The Bertz CT molecular complexity index is 3320. The number of aromatic nitrogens is 4. The fraction of sp³-hybridized carbons (Fsp3) is 0. The van der Waals surface area contributed by atoms with E-state index in [1.165, 1.54) is 26.1 Å². The molecule has 5 heterocycles. The Kier molecular flexibility index (Phi) is 6.85. The number of ether oxygens (including phenoxy) is 2. The lowest BCUT2D eigenvalue weighted by atomic mass is 10.1. The number of hydrogen-bond acceptors (Lipinski definition) is 4. The number of pyridine rings is 2. The number of fused-ring (bicyclic) bond motifs is 12. The van der Waals surface area contributed by atoms with E-state index in [0.29, 0.717) is 0 Å². The minimum Gasteiger partial charge on any atom is -0.457 e. The van der Waals surface area contributed by atoms with Crippen molar-refractivity contribution in [2.45, 2.75) is 0 Å². The predicted molar refractivity (Wildman–Crippen MR) is 233 cm³/mol. The minimum atomic E-state index is -3.02. The van der Waals surface area contributed by atoms with Gasteiger partial charge >= 0.3 is 0 Å². The van der Waals surface area contributed by atoms with Gasteiger partial charge in [0.15, 0.2) is 8.07 Å². The van der Waals surface area contributed by atoms with E-state index in [4.69, 9.17) is 19.4 Å². The molecule has 7 heteroatoms. The Labute approximate surface area is 328 Å². The summed E-state index contributed by atoms with van der Waals surface area (Å²) < 4.78 is 18.2. The molecule has 0 radical (unpaired) electrons. The Morgan fingerprint density at radius 1 is 0.491 bits per heavy atom. The summed E-state index contributed by atoms with van der Waals surface area (Å²) in [4.78, 5) is 9.74. The maximum Gasteiger partial charge on any atom is 0.191 e. The maximum atomic E-state index is 6.93. The van der Waals surface area contributed by atoms with Gasteiger partial charge in [0.1, 0.15) is 34.5 Å². The zero-order chi connectivity index (χ0) is 37.5. The number of nitrogens with zero attached hydrogens (tertiary/aromatic N) is 4. The van der Waals surface area contributed by atoms with Gasteiger partial charge in [-0.05, 0) is 87.7 Å². The zero-order valence-electron chi connectivity index (χ0n) is 30.6. The lowest BCUT2D eigenvalue weighted by Gasteiger charge is -2.40. The van der Waals surface area contributed by atoms with Crippen LogP contribution in [0.5, 0.6) is 23.0 Å². The molecule has 268 valence electrons. The highest BCUT2D eigenvalue weighted by atomic mass is 28.3. The van der Waals surface area contributed by atoms with Crippen molar-refractivity contribution in [3.8, 4) is 28.8 Å².